The summed E-state index contributed by atoms with van der Waals surface area (Å²) in [7, 11) is 0. The molecule has 0 unspecified atom stereocenters. The second-order valence-electron chi connectivity index (χ2n) is 8.45. The van der Waals surface area contributed by atoms with Gasteiger partial charge in [0, 0.05) is 17.0 Å². The highest BCUT2D eigenvalue weighted by Gasteiger charge is 2.53. The Hall–Kier alpha value is -2.09. The summed E-state index contributed by atoms with van der Waals surface area (Å²) in [6, 6.07) is 16.9. The highest BCUT2D eigenvalue weighted by Crippen LogP contribution is 2.57. The molecule has 0 aliphatic heterocycles. The average Bonchev–Trinajstić information content (AvgIpc) is 3.21. The number of carbonyl (C=O) groups excluding carboxylic acids is 1. The monoisotopic (exact) mass is 334 g/mol. The first kappa shape index (κ1) is 16.4. The minimum absolute atomic E-state index is 0.120. The van der Waals surface area contributed by atoms with Gasteiger partial charge in [0.15, 0.2) is 5.60 Å². The van der Waals surface area contributed by atoms with Crippen molar-refractivity contribution in [2.24, 2.45) is 11.3 Å². The number of esters is 1. The zero-order valence-corrected chi connectivity index (χ0v) is 15.3. The zero-order chi connectivity index (χ0) is 17.7. The largest absolute Gasteiger partial charge is 0.448 e. The number of fused-ring (bicyclic) bond motifs is 3. The van der Waals surface area contributed by atoms with Crippen molar-refractivity contribution >= 4 is 5.97 Å². The van der Waals surface area contributed by atoms with Crippen LogP contribution in [-0.4, -0.2) is 5.97 Å². The third kappa shape index (κ3) is 2.42. The van der Waals surface area contributed by atoms with Crippen LogP contribution in [0.3, 0.4) is 0 Å². The summed E-state index contributed by atoms with van der Waals surface area (Å²) in [6.07, 6.45) is 4.65. The van der Waals surface area contributed by atoms with Gasteiger partial charge in [-0.25, -0.2) is 0 Å². The predicted octanol–water partition coefficient (Wildman–Crippen LogP) is 5.69. The third-order valence-electron chi connectivity index (χ3n) is 5.74. The maximum absolute atomic E-state index is 13.0. The summed E-state index contributed by atoms with van der Waals surface area (Å²) in [5.74, 6) is 0.231. The molecule has 1 fully saturated rings. The number of ether oxygens (including phenoxy) is 1. The predicted molar refractivity (Wildman–Crippen MR) is 100 cm³/mol. The van der Waals surface area contributed by atoms with E-state index >= 15 is 0 Å². The molecule has 4 rings (SSSR count). The molecule has 0 bridgehead atoms. The van der Waals surface area contributed by atoms with Crippen molar-refractivity contribution < 1.29 is 9.53 Å². The lowest BCUT2D eigenvalue weighted by Gasteiger charge is -2.39. The second kappa shape index (κ2) is 5.72. The van der Waals surface area contributed by atoms with E-state index in [0.29, 0.717) is 5.92 Å². The summed E-state index contributed by atoms with van der Waals surface area (Å²) in [4.78, 5) is 13.0. The molecule has 0 aromatic heterocycles. The molecule has 25 heavy (non-hydrogen) atoms. The number of carbonyl (C=O) groups is 1. The molecular formula is C23H26O2. The van der Waals surface area contributed by atoms with Crippen LogP contribution >= 0.6 is 0 Å². The minimum atomic E-state index is -0.631. The topological polar surface area (TPSA) is 26.3 Å². The Kier molecular flexibility index (Phi) is 3.75. The van der Waals surface area contributed by atoms with Gasteiger partial charge in [-0.3, -0.25) is 4.79 Å². The van der Waals surface area contributed by atoms with Gasteiger partial charge in [0.1, 0.15) is 0 Å². The number of benzene rings is 2. The molecule has 0 radical (unpaired) electrons. The summed E-state index contributed by atoms with van der Waals surface area (Å²) in [5, 5.41) is 0. The van der Waals surface area contributed by atoms with Gasteiger partial charge < -0.3 is 4.74 Å². The zero-order valence-electron chi connectivity index (χ0n) is 15.3. The van der Waals surface area contributed by atoms with Crippen molar-refractivity contribution in [2.75, 3.05) is 0 Å². The molecule has 0 heterocycles. The summed E-state index contributed by atoms with van der Waals surface area (Å²) in [5.41, 5.74) is 3.62. The van der Waals surface area contributed by atoms with Crippen molar-refractivity contribution in [3.05, 3.63) is 59.7 Å². The van der Waals surface area contributed by atoms with E-state index in [0.717, 1.165) is 12.8 Å². The molecule has 2 aliphatic carbocycles. The fourth-order valence-electron chi connectivity index (χ4n) is 4.49. The van der Waals surface area contributed by atoms with Crippen LogP contribution in [0, 0.1) is 11.3 Å². The average molecular weight is 334 g/mol. The van der Waals surface area contributed by atoms with Crippen LogP contribution in [0.25, 0.3) is 11.1 Å². The van der Waals surface area contributed by atoms with Crippen LogP contribution in [-0.2, 0) is 15.1 Å². The maximum atomic E-state index is 13.0. The van der Waals surface area contributed by atoms with Crippen LogP contribution in [0.2, 0.25) is 0 Å². The molecule has 2 aromatic rings. The molecule has 0 spiro atoms. The second-order valence-corrected chi connectivity index (χ2v) is 8.45. The highest BCUT2D eigenvalue weighted by molar-refractivity contribution is 5.83. The maximum Gasteiger partial charge on any atom is 0.312 e. The van der Waals surface area contributed by atoms with Crippen LogP contribution in [0.5, 0.6) is 0 Å². The summed E-state index contributed by atoms with van der Waals surface area (Å²) >= 11 is 0. The first-order valence-electron chi connectivity index (χ1n) is 9.37. The minimum Gasteiger partial charge on any atom is -0.448 e. The van der Waals surface area contributed by atoms with E-state index in [1.54, 1.807) is 0 Å². The van der Waals surface area contributed by atoms with Crippen molar-refractivity contribution in [1.82, 2.24) is 0 Å². The fraction of sp³-hybridized carbons (Fsp3) is 0.435. The molecule has 0 saturated heterocycles. The standard InChI is InChI=1S/C23H26O2/c1-22(2,3)21(24)25-23(16-10-4-5-11-16)19-14-8-6-12-17(19)18-13-7-9-15-20(18)23/h6-9,12-16H,4-5,10-11H2,1-3H3. The van der Waals surface area contributed by atoms with E-state index in [4.69, 9.17) is 4.74 Å². The van der Waals surface area contributed by atoms with Crippen molar-refractivity contribution in [3.63, 3.8) is 0 Å². The van der Waals surface area contributed by atoms with Gasteiger partial charge in [-0.05, 0) is 44.7 Å². The quantitative estimate of drug-likeness (QED) is 0.659. The van der Waals surface area contributed by atoms with Crippen LogP contribution in [0.1, 0.15) is 57.6 Å². The lowest BCUT2D eigenvalue weighted by molar-refractivity contribution is -0.171. The van der Waals surface area contributed by atoms with Gasteiger partial charge in [0.2, 0.25) is 0 Å². The molecule has 1 saturated carbocycles. The lowest BCUT2D eigenvalue weighted by Crippen LogP contribution is -2.41. The molecule has 2 aliphatic rings. The van der Waals surface area contributed by atoms with Gasteiger partial charge in [-0.1, -0.05) is 61.4 Å². The number of rotatable bonds is 2. The van der Waals surface area contributed by atoms with E-state index in [-0.39, 0.29) is 5.97 Å². The van der Waals surface area contributed by atoms with Crippen molar-refractivity contribution in [1.29, 1.82) is 0 Å². The van der Waals surface area contributed by atoms with Crippen molar-refractivity contribution in [3.8, 4) is 11.1 Å². The third-order valence-corrected chi connectivity index (χ3v) is 5.74. The van der Waals surface area contributed by atoms with Gasteiger partial charge in [0.05, 0.1) is 5.41 Å². The van der Waals surface area contributed by atoms with E-state index in [2.05, 4.69) is 48.5 Å². The number of hydrogen-bond acceptors (Lipinski definition) is 2. The Labute approximate surface area is 150 Å². The molecule has 2 nitrogen and oxygen atoms in total. The van der Waals surface area contributed by atoms with Crippen molar-refractivity contribution in [2.45, 2.75) is 52.1 Å². The normalized spacial score (nSPS) is 18.7. The van der Waals surface area contributed by atoms with Gasteiger partial charge in [-0.2, -0.15) is 0 Å². The molecule has 2 aromatic carbocycles. The highest BCUT2D eigenvalue weighted by atomic mass is 16.6. The van der Waals surface area contributed by atoms with E-state index in [9.17, 15) is 4.79 Å². The fourth-order valence-corrected chi connectivity index (χ4v) is 4.49. The Morgan fingerprint density at radius 1 is 0.920 bits per heavy atom. The smallest absolute Gasteiger partial charge is 0.312 e. The van der Waals surface area contributed by atoms with Crippen LogP contribution in [0.15, 0.2) is 48.5 Å². The summed E-state index contributed by atoms with van der Waals surface area (Å²) < 4.78 is 6.46. The first-order chi connectivity index (χ1) is 11.9. The van der Waals surface area contributed by atoms with E-state index in [1.807, 2.05) is 20.8 Å². The lowest BCUT2D eigenvalue weighted by atomic mass is 9.77. The molecule has 0 atom stereocenters. The molecule has 130 valence electrons. The molecule has 0 N–H and O–H groups in total. The Bertz CT molecular complexity index is 761. The Morgan fingerprint density at radius 2 is 1.40 bits per heavy atom. The van der Waals surface area contributed by atoms with E-state index in [1.165, 1.54) is 35.1 Å². The Balaban J connectivity index is 1.95. The van der Waals surface area contributed by atoms with Crippen LogP contribution < -0.4 is 0 Å². The van der Waals surface area contributed by atoms with E-state index < -0.39 is 11.0 Å². The number of hydrogen-bond donors (Lipinski definition) is 0. The molecule has 2 heteroatoms. The van der Waals surface area contributed by atoms with Gasteiger partial charge >= 0.3 is 5.97 Å². The van der Waals surface area contributed by atoms with Gasteiger partial charge in [0.25, 0.3) is 0 Å². The first-order valence-corrected chi connectivity index (χ1v) is 9.37. The SMILES string of the molecule is CC(C)(C)C(=O)OC1(C2CCCC2)c2ccccc2-c2ccccc21. The molecular weight excluding hydrogens is 308 g/mol. The Morgan fingerprint density at radius 3 is 1.88 bits per heavy atom. The molecule has 0 amide bonds. The summed E-state index contributed by atoms with van der Waals surface area (Å²) in [6.45, 7) is 5.80. The van der Waals surface area contributed by atoms with Gasteiger partial charge in [-0.15, -0.1) is 0 Å². The van der Waals surface area contributed by atoms with Crippen LogP contribution in [0.4, 0.5) is 0 Å².